The maximum Gasteiger partial charge on any atom is 0.252 e. The summed E-state index contributed by atoms with van der Waals surface area (Å²) in [5, 5.41) is 0. The van der Waals surface area contributed by atoms with Gasteiger partial charge in [0.05, 0.1) is 26.4 Å². The minimum Gasteiger partial charge on any atom is -0.374 e. The molecule has 8 heteroatoms. The van der Waals surface area contributed by atoms with Crippen molar-refractivity contribution >= 4 is 40.5 Å². The standard InChI is InChI=1S/C10H16ClO4PS2/c1-3-5-14-16(17,15-6-4-2)18-10(11)9-12-7-8-13-10/h3-4H,1-2,5-9H2. The Labute approximate surface area is 122 Å². The molecule has 1 aliphatic rings. The molecule has 0 bridgehead atoms. The van der Waals surface area contributed by atoms with Crippen LogP contribution in [0.3, 0.4) is 0 Å². The van der Waals surface area contributed by atoms with Crippen molar-refractivity contribution in [3.05, 3.63) is 25.3 Å². The average Bonchev–Trinajstić information content (AvgIpc) is 2.34. The van der Waals surface area contributed by atoms with Crippen molar-refractivity contribution in [2.75, 3.05) is 33.0 Å². The molecular weight excluding hydrogens is 315 g/mol. The third-order valence-corrected chi connectivity index (χ3v) is 7.70. The van der Waals surface area contributed by atoms with Crippen LogP contribution in [-0.2, 0) is 30.3 Å². The third kappa shape index (κ3) is 5.72. The lowest BCUT2D eigenvalue weighted by Gasteiger charge is -2.33. The lowest BCUT2D eigenvalue weighted by atomic mass is 10.6. The van der Waals surface area contributed by atoms with Crippen LogP contribution in [-0.4, -0.2) is 37.4 Å². The minimum atomic E-state index is -2.62. The molecule has 0 radical (unpaired) electrons. The molecule has 0 aromatic carbocycles. The number of halogens is 1. The molecule has 1 atom stereocenters. The first-order valence-corrected chi connectivity index (χ1v) is 9.70. The quantitative estimate of drug-likeness (QED) is 0.386. The summed E-state index contributed by atoms with van der Waals surface area (Å²) in [6.45, 7) is 8.96. The van der Waals surface area contributed by atoms with E-state index in [0.29, 0.717) is 26.4 Å². The molecule has 0 aromatic rings. The monoisotopic (exact) mass is 330 g/mol. The van der Waals surface area contributed by atoms with Crippen LogP contribution in [0.5, 0.6) is 0 Å². The molecule has 1 rings (SSSR count). The molecule has 4 nitrogen and oxygen atoms in total. The van der Waals surface area contributed by atoms with Crippen LogP contribution in [0.25, 0.3) is 0 Å². The Morgan fingerprint density at radius 1 is 1.33 bits per heavy atom. The number of rotatable bonds is 8. The molecule has 0 aliphatic carbocycles. The summed E-state index contributed by atoms with van der Waals surface area (Å²) in [7, 11) is 0. The highest BCUT2D eigenvalue weighted by Gasteiger charge is 2.40. The van der Waals surface area contributed by atoms with E-state index in [0.717, 1.165) is 11.4 Å². The van der Waals surface area contributed by atoms with Crippen LogP contribution in [0.4, 0.5) is 0 Å². The number of hydrogen-bond acceptors (Lipinski definition) is 6. The van der Waals surface area contributed by atoms with Crippen LogP contribution >= 0.6 is 28.7 Å². The summed E-state index contributed by atoms with van der Waals surface area (Å²) in [5.41, 5.74) is -2.62. The van der Waals surface area contributed by atoms with Gasteiger partial charge in [-0.2, -0.15) is 0 Å². The van der Waals surface area contributed by atoms with E-state index in [1.165, 1.54) is 0 Å². The Morgan fingerprint density at radius 2 is 1.94 bits per heavy atom. The first-order valence-electron chi connectivity index (χ1n) is 5.26. The molecule has 1 unspecified atom stereocenters. The van der Waals surface area contributed by atoms with E-state index in [2.05, 4.69) is 13.2 Å². The summed E-state index contributed by atoms with van der Waals surface area (Å²) in [6, 6.07) is 0. The lowest BCUT2D eigenvalue weighted by molar-refractivity contribution is -0.0689. The van der Waals surface area contributed by atoms with Crippen molar-refractivity contribution in [3.8, 4) is 0 Å². The predicted molar refractivity (Wildman–Crippen MR) is 79.5 cm³/mol. The van der Waals surface area contributed by atoms with Crippen LogP contribution in [0.2, 0.25) is 0 Å². The molecule has 0 saturated carbocycles. The number of hydrogen-bond donors (Lipinski definition) is 0. The van der Waals surface area contributed by atoms with Crippen LogP contribution in [0.1, 0.15) is 0 Å². The largest absolute Gasteiger partial charge is 0.374 e. The second-order valence-electron chi connectivity index (χ2n) is 3.27. The van der Waals surface area contributed by atoms with E-state index in [-0.39, 0.29) is 6.61 Å². The molecule has 0 spiro atoms. The second-order valence-corrected chi connectivity index (χ2v) is 10.5. The smallest absolute Gasteiger partial charge is 0.252 e. The third-order valence-electron chi connectivity index (χ3n) is 1.77. The van der Waals surface area contributed by atoms with Gasteiger partial charge >= 0.3 is 0 Å². The molecule has 104 valence electrons. The Kier molecular flexibility index (Phi) is 7.43. The fraction of sp³-hybridized carbons (Fsp3) is 0.600. The zero-order chi connectivity index (χ0) is 13.5. The van der Waals surface area contributed by atoms with Crippen molar-refractivity contribution in [2.45, 2.75) is 4.39 Å². The van der Waals surface area contributed by atoms with Crippen molar-refractivity contribution in [2.24, 2.45) is 0 Å². The number of alkyl halides is 1. The molecule has 0 aromatic heterocycles. The number of ether oxygens (including phenoxy) is 2. The summed E-state index contributed by atoms with van der Waals surface area (Å²) in [5.74, 6) is 0. The van der Waals surface area contributed by atoms with E-state index >= 15 is 0 Å². The van der Waals surface area contributed by atoms with Crippen LogP contribution < -0.4 is 0 Å². The maximum atomic E-state index is 6.28. The second kappa shape index (κ2) is 8.02. The molecule has 1 saturated heterocycles. The Morgan fingerprint density at radius 3 is 2.39 bits per heavy atom. The summed E-state index contributed by atoms with van der Waals surface area (Å²) in [6.07, 6.45) is 3.22. The molecule has 0 amide bonds. The van der Waals surface area contributed by atoms with Gasteiger partial charge in [0.25, 0.3) is 5.69 Å². The molecule has 1 fully saturated rings. The van der Waals surface area contributed by atoms with Gasteiger partial charge in [-0.3, -0.25) is 0 Å². The van der Waals surface area contributed by atoms with Crippen molar-refractivity contribution < 1.29 is 18.5 Å². The maximum absolute atomic E-state index is 6.28. The lowest BCUT2D eigenvalue weighted by Crippen LogP contribution is -2.35. The molecule has 1 aliphatic heterocycles. The minimum absolute atomic E-state index is 0.243. The highest BCUT2D eigenvalue weighted by Crippen LogP contribution is 2.67. The van der Waals surface area contributed by atoms with Gasteiger partial charge in [-0.05, 0) is 23.2 Å². The van der Waals surface area contributed by atoms with E-state index < -0.39 is 10.1 Å². The highest BCUT2D eigenvalue weighted by atomic mass is 35.5. The van der Waals surface area contributed by atoms with Crippen LogP contribution in [0, 0.1) is 0 Å². The first kappa shape index (κ1) is 16.7. The fourth-order valence-corrected chi connectivity index (χ4v) is 7.24. The van der Waals surface area contributed by atoms with Gasteiger partial charge in [-0.25, -0.2) is 0 Å². The summed E-state index contributed by atoms with van der Waals surface area (Å²) in [4.78, 5) is 0. The van der Waals surface area contributed by atoms with E-state index in [4.69, 9.17) is 41.9 Å². The van der Waals surface area contributed by atoms with Gasteiger partial charge in [-0.15, -0.1) is 13.2 Å². The average molecular weight is 331 g/mol. The zero-order valence-electron chi connectivity index (χ0n) is 9.88. The van der Waals surface area contributed by atoms with Crippen molar-refractivity contribution in [1.82, 2.24) is 0 Å². The zero-order valence-corrected chi connectivity index (χ0v) is 13.2. The predicted octanol–water partition coefficient (Wildman–Crippen LogP) is 3.29. The van der Waals surface area contributed by atoms with Crippen molar-refractivity contribution in [3.63, 3.8) is 0 Å². The summed E-state index contributed by atoms with van der Waals surface area (Å²) >= 11 is 12.8. The van der Waals surface area contributed by atoms with Gasteiger partial charge in [0, 0.05) is 0 Å². The van der Waals surface area contributed by atoms with Gasteiger partial charge < -0.3 is 18.5 Å². The van der Waals surface area contributed by atoms with E-state index in [1.54, 1.807) is 12.2 Å². The molecular formula is C10H16ClO4PS2. The van der Waals surface area contributed by atoms with E-state index in [9.17, 15) is 0 Å². The topological polar surface area (TPSA) is 36.9 Å². The van der Waals surface area contributed by atoms with Crippen molar-refractivity contribution in [1.29, 1.82) is 0 Å². The Bertz CT molecular complexity index is 318. The van der Waals surface area contributed by atoms with Gasteiger partial charge in [-0.1, -0.05) is 23.8 Å². The highest BCUT2D eigenvalue weighted by molar-refractivity contribution is 8.68. The SMILES string of the molecule is C=CCOP(=S)(OCC=C)SC1(Cl)COCCO1. The Balaban J connectivity index is 2.66. The van der Waals surface area contributed by atoms with Gasteiger partial charge in [0.1, 0.15) is 6.61 Å². The molecule has 0 N–H and O–H groups in total. The van der Waals surface area contributed by atoms with Gasteiger partial charge in [0.2, 0.25) is 4.39 Å². The fourth-order valence-electron chi connectivity index (χ4n) is 1.09. The Hall–Kier alpha value is 0.610. The first-order chi connectivity index (χ1) is 8.54. The van der Waals surface area contributed by atoms with Crippen LogP contribution in [0.15, 0.2) is 25.3 Å². The summed E-state index contributed by atoms with van der Waals surface area (Å²) < 4.78 is 20.8. The van der Waals surface area contributed by atoms with E-state index in [1.807, 2.05) is 0 Å². The normalized spacial score (nSPS) is 24.7. The molecule has 1 heterocycles. The molecule has 18 heavy (non-hydrogen) atoms. The van der Waals surface area contributed by atoms with Gasteiger partial charge in [0.15, 0.2) is 0 Å².